The average Bonchev–Trinajstić information content (AvgIpc) is 3.51. The molecule has 1 aliphatic heterocycles. The van der Waals surface area contributed by atoms with E-state index < -0.39 is 36.4 Å². The number of fused-ring (bicyclic) bond motifs is 1. The van der Waals surface area contributed by atoms with Gasteiger partial charge in [0.25, 0.3) is 5.91 Å². The number of amides is 1. The Morgan fingerprint density at radius 2 is 1.92 bits per heavy atom. The summed E-state index contributed by atoms with van der Waals surface area (Å²) in [5, 5.41) is 23.9. The molecular weight excluding hydrogens is 499 g/mol. The van der Waals surface area contributed by atoms with Gasteiger partial charge in [0, 0.05) is 30.6 Å². The molecule has 1 aliphatic rings. The van der Waals surface area contributed by atoms with Gasteiger partial charge in [0.2, 0.25) is 0 Å². The number of anilines is 1. The molecule has 38 heavy (non-hydrogen) atoms. The Morgan fingerprint density at radius 1 is 1.16 bits per heavy atom. The van der Waals surface area contributed by atoms with Crippen molar-refractivity contribution in [2.45, 2.75) is 18.3 Å². The Labute approximate surface area is 215 Å². The molecular formula is C27H24F3N5O3. The van der Waals surface area contributed by atoms with Crippen molar-refractivity contribution in [1.82, 2.24) is 19.8 Å². The van der Waals surface area contributed by atoms with Gasteiger partial charge < -0.3 is 20.5 Å². The number of hydrogen-bond acceptors (Lipinski definition) is 6. The molecule has 0 fully saturated rings. The SMILES string of the molecule is CN1C=CC(c2cc(C(=O)Nc3c(-c4ccccc4)nc4ccc(C(O)CO)cn34)ccc2C(F)(F)F)N1. The van der Waals surface area contributed by atoms with E-state index in [1.54, 1.807) is 47.1 Å². The standard InChI is InChI=1S/C27H24F3N5O3/c1-34-12-11-21(33-34)19-13-17(7-9-20(19)27(28,29)30)26(38)32-25-24(16-5-3-2-4-6-16)31-23-10-8-18(14-35(23)25)22(37)15-36/h2-14,21-22,33,36-37H,15H2,1H3,(H,32,38). The first-order valence-corrected chi connectivity index (χ1v) is 11.7. The molecule has 196 valence electrons. The van der Waals surface area contributed by atoms with E-state index in [2.05, 4.69) is 15.7 Å². The number of nitrogens with zero attached hydrogens (tertiary/aromatic N) is 3. The third-order valence-electron chi connectivity index (χ3n) is 6.28. The highest BCUT2D eigenvalue weighted by Crippen LogP contribution is 2.37. The van der Waals surface area contributed by atoms with Gasteiger partial charge in [0.1, 0.15) is 23.3 Å². The monoisotopic (exact) mass is 523 g/mol. The molecule has 2 aromatic carbocycles. The van der Waals surface area contributed by atoms with Crippen LogP contribution in [0.2, 0.25) is 0 Å². The Bertz CT molecular complexity index is 1520. The van der Waals surface area contributed by atoms with E-state index in [4.69, 9.17) is 0 Å². The second-order valence-electron chi connectivity index (χ2n) is 8.88. The predicted molar refractivity (Wildman–Crippen MR) is 135 cm³/mol. The molecule has 4 aromatic rings. The van der Waals surface area contributed by atoms with Gasteiger partial charge in [-0.25, -0.2) is 10.4 Å². The van der Waals surface area contributed by atoms with Crippen LogP contribution in [0.4, 0.5) is 19.0 Å². The number of aliphatic hydroxyl groups is 2. The number of rotatable bonds is 6. The number of hydrazine groups is 1. The summed E-state index contributed by atoms with van der Waals surface area (Å²) in [6.45, 7) is -0.499. The molecule has 5 rings (SSSR count). The number of imidazole rings is 1. The molecule has 0 spiro atoms. The number of nitrogens with one attached hydrogen (secondary N) is 2. The number of carbonyl (C=O) groups is 1. The fourth-order valence-electron chi connectivity index (χ4n) is 4.37. The Balaban J connectivity index is 1.58. The zero-order valence-corrected chi connectivity index (χ0v) is 20.1. The second-order valence-corrected chi connectivity index (χ2v) is 8.88. The molecule has 0 bridgehead atoms. The summed E-state index contributed by atoms with van der Waals surface area (Å²) >= 11 is 0. The summed E-state index contributed by atoms with van der Waals surface area (Å²) in [5.74, 6) is -0.370. The third-order valence-corrected chi connectivity index (χ3v) is 6.28. The van der Waals surface area contributed by atoms with Crippen LogP contribution in [0.15, 0.2) is 79.1 Å². The van der Waals surface area contributed by atoms with Crippen LogP contribution in [0.25, 0.3) is 16.9 Å². The molecule has 0 radical (unpaired) electrons. The first kappa shape index (κ1) is 25.5. The molecule has 2 aromatic heterocycles. The van der Waals surface area contributed by atoms with Crippen LogP contribution in [0.3, 0.4) is 0 Å². The van der Waals surface area contributed by atoms with Gasteiger partial charge in [-0.2, -0.15) is 13.2 Å². The number of alkyl halides is 3. The van der Waals surface area contributed by atoms with Crippen LogP contribution < -0.4 is 10.7 Å². The lowest BCUT2D eigenvalue weighted by Gasteiger charge is -2.20. The fourth-order valence-corrected chi connectivity index (χ4v) is 4.37. The van der Waals surface area contributed by atoms with Crippen molar-refractivity contribution >= 4 is 17.4 Å². The average molecular weight is 524 g/mol. The van der Waals surface area contributed by atoms with Gasteiger partial charge >= 0.3 is 6.18 Å². The van der Waals surface area contributed by atoms with E-state index >= 15 is 0 Å². The maximum Gasteiger partial charge on any atom is 0.416 e. The summed E-state index contributed by atoms with van der Waals surface area (Å²) in [6, 6.07) is 14.8. The van der Waals surface area contributed by atoms with E-state index in [-0.39, 0.29) is 16.9 Å². The van der Waals surface area contributed by atoms with E-state index in [1.165, 1.54) is 6.07 Å². The summed E-state index contributed by atoms with van der Waals surface area (Å²) < 4.78 is 42.9. The predicted octanol–water partition coefficient (Wildman–Crippen LogP) is 4.30. The van der Waals surface area contributed by atoms with Crippen molar-refractivity contribution in [3.05, 3.63) is 101 Å². The topological polar surface area (TPSA) is 102 Å². The molecule has 0 saturated heterocycles. The molecule has 1 amide bonds. The van der Waals surface area contributed by atoms with Gasteiger partial charge in [0.15, 0.2) is 0 Å². The van der Waals surface area contributed by atoms with Crippen LogP contribution in [0.5, 0.6) is 0 Å². The number of aromatic nitrogens is 2. The van der Waals surface area contributed by atoms with Crippen molar-refractivity contribution in [2.75, 3.05) is 19.0 Å². The van der Waals surface area contributed by atoms with Gasteiger partial charge in [-0.1, -0.05) is 36.4 Å². The molecule has 11 heteroatoms. The zero-order chi connectivity index (χ0) is 27.0. The number of halogens is 3. The van der Waals surface area contributed by atoms with E-state index in [0.29, 0.717) is 22.5 Å². The largest absolute Gasteiger partial charge is 0.416 e. The molecule has 0 aliphatic carbocycles. The van der Waals surface area contributed by atoms with Crippen LogP contribution in [0, 0.1) is 0 Å². The smallest absolute Gasteiger partial charge is 0.393 e. The maximum absolute atomic E-state index is 13.8. The van der Waals surface area contributed by atoms with Crippen molar-refractivity contribution in [3.63, 3.8) is 0 Å². The third kappa shape index (κ3) is 4.86. The molecule has 2 atom stereocenters. The van der Waals surface area contributed by atoms with Crippen LogP contribution in [0.1, 0.15) is 39.2 Å². The Kier molecular flexibility index (Phi) is 6.66. The van der Waals surface area contributed by atoms with Gasteiger partial charge in [-0.05, 0) is 41.5 Å². The summed E-state index contributed by atoms with van der Waals surface area (Å²) in [5.41, 5.74) is 4.00. The van der Waals surface area contributed by atoms with Crippen molar-refractivity contribution in [3.8, 4) is 11.3 Å². The van der Waals surface area contributed by atoms with Gasteiger partial charge in [-0.15, -0.1) is 0 Å². The normalized spacial score (nSPS) is 16.3. The molecule has 4 N–H and O–H groups in total. The number of hydrogen-bond donors (Lipinski definition) is 4. The van der Waals surface area contributed by atoms with Crippen LogP contribution >= 0.6 is 0 Å². The molecule has 8 nitrogen and oxygen atoms in total. The Hall–Kier alpha value is -4.19. The minimum Gasteiger partial charge on any atom is -0.393 e. The number of carbonyl (C=O) groups excluding carboxylic acids is 1. The first-order valence-electron chi connectivity index (χ1n) is 11.7. The highest BCUT2D eigenvalue weighted by atomic mass is 19.4. The van der Waals surface area contributed by atoms with E-state index in [9.17, 15) is 28.2 Å². The fraction of sp³-hybridized carbons (Fsp3) is 0.185. The quantitative estimate of drug-likeness (QED) is 0.301. The summed E-state index contributed by atoms with van der Waals surface area (Å²) in [6.07, 6.45) is -1.01. The zero-order valence-electron chi connectivity index (χ0n) is 20.1. The Morgan fingerprint density at radius 3 is 2.58 bits per heavy atom. The van der Waals surface area contributed by atoms with E-state index in [1.807, 2.05) is 30.3 Å². The van der Waals surface area contributed by atoms with Crippen LogP contribution in [-0.2, 0) is 6.18 Å². The summed E-state index contributed by atoms with van der Waals surface area (Å²) in [4.78, 5) is 18.1. The van der Waals surface area contributed by atoms with Crippen molar-refractivity contribution in [1.29, 1.82) is 0 Å². The van der Waals surface area contributed by atoms with Crippen molar-refractivity contribution in [2.24, 2.45) is 0 Å². The molecule has 0 saturated carbocycles. The van der Waals surface area contributed by atoms with E-state index in [0.717, 1.165) is 12.1 Å². The minimum atomic E-state index is -4.60. The molecule has 2 unspecified atom stereocenters. The number of benzene rings is 2. The number of pyridine rings is 1. The lowest BCUT2D eigenvalue weighted by atomic mass is 9.97. The number of aliphatic hydroxyl groups excluding tert-OH is 2. The lowest BCUT2D eigenvalue weighted by molar-refractivity contribution is -0.138. The molecule has 3 heterocycles. The van der Waals surface area contributed by atoms with Crippen molar-refractivity contribution < 1.29 is 28.2 Å². The summed E-state index contributed by atoms with van der Waals surface area (Å²) in [7, 11) is 1.66. The van der Waals surface area contributed by atoms with Gasteiger partial charge in [-0.3, -0.25) is 9.20 Å². The highest BCUT2D eigenvalue weighted by molar-refractivity contribution is 6.06. The van der Waals surface area contributed by atoms with Gasteiger partial charge in [0.05, 0.1) is 18.2 Å². The highest BCUT2D eigenvalue weighted by Gasteiger charge is 2.36. The maximum atomic E-state index is 13.8. The lowest BCUT2D eigenvalue weighted by Crippen LogP contribution is -2.28. The first-order chi connectivity index (χ1) is 18.2. The van der Waals surface area contributed by atoms with Crippen LogP contribution in [-0.4, -0.2) is 44.2 Å². The minimum absolute atomic E-state index is 0.0262. The second kappa shape index (κ2) is 9.93.